The van der Waals surface area contributed by atoms with Gasteiger partial charge in [0, 0.05) is 37.4 Å². The number of amides is 1. The average Bonchev–Trinajstić information content (AvgIpc) is 2.26. The molecule has 0 aliphatic heterocycles. The van der Waals surface area contributed by atoms with E-state index in [0.717, 1.165) is 11.1 Å². The molecule has 0 aliphatic carbocycles. The van der Waals surface area contributed by atoms with Gasteiger partial charge in [0.25, 0.3) is 0 Å². The van der Waals surface area contributed by atoms with Crippen molar-refractivity contribution in [2.75, 3.05) is 6.54 Å². The number of hydrogen-bond donors (Lipinski definition) is 2. The summed E-state index contributed by atoms with van der Waals surface area (Å²) in [6.07, 6.45) is 4.06. The standard InChI is InChI=1S/C14H23N3O/c1-11-9-15-7-5-12(11)10-16-13(18)6-8-17-14(2,3)4/h5,7,9,17H,6,8,10H2,1-4H3,(H,16,18). The average molecular weight is 249 g/mol. The van der Waals surface area contributed by atoms with Gasteiger partial charge < -0.3 is 10.6 Å². The number of aromatic nitrogens is 1. The summed E-state index contributed by atoms with van der Waals surface area (Å²) in [4.78, 5) is 15.7. The van der Waals surface area contributed by atoms with Crippen molar-refractivity contribution in [1.29, 1.82) is 0 Å². The molecule has 4 heteroatoms. The van der Waals surface area contributed by atoms with E-state index < -0.39 is 0 Å². The molecular formula is C14H23N3O. The van der Waals surface area contributed by atoms with Crippen molar-refractivity contribution in [3.05, 3.63) is 29.6 Å². The second-order valence-electron chi connectivity index (χ2n) is 5.51. The van der Waals surface area contributed by atoms with E-state index in [9.17, 15) is 4.79 Å². The molecule has 1 aromatic rings. The van der Waals surface area contributed by atoms with E-state index >= 15 is 0 Å². The van der Waals surface area contributed by atoms with Crippen molar-refractivity contribution >= 4 is 5.91 Å². The van der Waals surface area contributed by atoms with Gasteiger partial charge in [-0.2, -0.15) is 0 Å². The highest BCUT2D eigenvalue weighted by atomic mass is 16.1. The largest absolute Gasteiger partial charge is 0.352 e. The first kappa shape index (κ1) is 14.6. The van der Waals surface area contributed by atoms with Gasteiger partial charge in [0.15, 0.2) is 0 Å². The van der Waals surface area contributed by atoms with Crippen LogP contribution in [0.4, 0.5) is 0 Å². The van der Waals surface area contributed by atoms with Crippen molar-refractivity contribution in [3.8, 4) is 0 Å². The Morgan fingerprint density at radius 2 is 2.11 bits per heavy atom. The summed E-state index contributed by atoms with van der Waals surface area (Å²) < 4.78 is 0. The number of rotatable bonds is 5. The molecular weight excluding hydrogens is 226 g/mol. The van der Waals surface area contributed by atoms with E-state index in [2.05, 4.69) is 36.4 Å². The highest BCUT2D eigenvalue weighted by Gasteiger charge is 2.09. The van der Waals surface area contributed by atoms with E-state index in [4.69, 9.17) is 0 Å². The third-order valence-corrected chi connectivity index (χ3v) is 2.62. The Labute approximate surface area is 109 Å². The Hall–Kier alpha value is -1.42. The molecule has 1 heterocycles. The van der Waals surface area contributed by atoms with Crippen LogP contribution in [0.3, 0.4) is 0 Å². The Morgan fingerprint density at radius 3 is 2.72 bits per heavy atom. The summed E-state index contributed by atoms with van der Waals surface area (Å²) in [5.74, 6) is 0.0722. The third kappa shape index (κ3) is 5.77. The Morgan fingerprint density at radius 1 is 1.39 bits per heavy atom. The molecule has 0 aliphatic rings. The van der Waals surface area contributed by atoms with Crippen LogP contribution in [0.5, 0.6) is 0 Å². The summed E-state index contributed by atoms with van der Waals surface area (Å²) in [5, 5.41) is 6.21. The SMILES string of the molecule is Cc1cnccc1CNC(=O)CCNC(C)(C)C. The van der Waals surface area contributed by atoms with E-state index in [1.807, 2.05) is 19.2 Å². The lowest BCUT2D eigenvalue weighted by atomic mass is 10.1. The number of nitrogens with one attached hydrogen (secondary N) is 2. The van der Waals surface area contributed by atoms with Crippen LogP contribution in [-0.2, 0) is 11.3 Å². The molecule has 100 valence electrons. The van der Waals surface area contributed by atoms with Crippen LogP contribution in [0, 0.1) is 6.92 Å². The van der Waals surface area contributed by atoms with E-state index in [1.165, 1.54) is 0 Å². The monoisotopic (exact) mass is 249 g/mol. The van der Waals surface area contributed by atoms with Crippen LogP contribution >= 0.6 is 0 Å². The molecule has 0 saturated heterocycles. The topological polar surface area (TPSA) is 54.0 Å². The maximum absolute atomic E-state index is 11.6. The normalized spacial score (nSPS) is 11.3. The first-order chi connectivity index (χ1) is 8.38. The lowest BCUT2D eigenvalue weighted by molar-refractivity contribution is -0.121. The number of nitrogens with zero attached hydrogens (tertiary/aromatic N) is 1. The molecule has 0 fully saturated rings. The van der Waals surface area contributed by atoms with Gasteiger partial charge in [-0.1, -0.05) is 0 Å². The number of aryl methyl sites for hydroxylation is 1. The van der Waals surface area contributed by atoms with Gasteiger partial charge in [-0.15, -0.1) is 0 Å². The van der Waals surface area contributed by atoms with Gasteiger partial charge in [0.05, 0.1) is 0 Å². The quantitative estimate of drug-likeness (QED) is 0.836. The van der Waals surface area contributed by atoms with Gasteiger partial charge in [-0.25, -0.2) is 0 Å². The minimum Gasteiger partial charge on any atom is -0.352 e. The molecule has 0 saturated carbocycles. The molecule has 1 amide bonds. The van der Waals surface area contributed by atoms with Crippen molar-refractivity contribution in [3.63, 3.8) is 0 Å². The number of pyridine rings is 1. The zero-order chi connectivity index (χ0) is 13.6. The van der Waals surface area contributed by atoms with Gasteiger partial charge in [-0.05, 0) is 44.9 Å². The van der Waals surface area contributed by atoms with Gasteiger partial charge in [0.2, 0.25) is 5.91 Å². The fourth-order valence-electron chi connectivity index (χ4n) is 1.53. The molecule has 0 bridgehead atoms. The lowest BCUT2D eigenvalue weighted by Crippen LogP contribution is -2.38. The highest BCUT2D eigenvalue weighted by Crippen LogP contribution is 2.04. The summed E-state index contributed by atoms with van der Waals surface area (Å²) in [6.45, 7) is 9.53. The predicted octanol–water partition coefficient (Wildman–Crippen LogP) is 1.78. The number of carbonyl (C=O) groups is 1. The summed E-state index contributed by atoms with van der Waals surface area (Å²) in [5.41, 5.74) is 2.27. The molecule has 2 N–H and O–H groups in total. The molecule has 1 rings (SSSR count). The minimum atomic E-state index is 0.0575. The fourth-order valence-corrected chi connectivity index (χ4v) is 1.53. The third-order valence-electron chi connectivity index (χ3n) is 2.62. The van der Waals surface area contributed by atoms with Crippen LogP contribution < -0.4 is 10.6 Å². The second-order valence-corrected chi connectivity index (χ2v) is 5.51. The molecule has 4 nitrogen and oxygen atoms in total. The first-order valence-electron chi connectivity index (χ1n) is 6.30. The maximum Gasteiger partial charge on any atom is 0.221 e. The molecule has 0 aromatic carbocycles. The van der Waals surface area contributed by atoms with Crippen LogP contribution in [0.25, 0.3) is 0 Å². The minimum absolute atomic E-state index is 0.0575. The van der Waals surface area contributed by atoms with Crippen molar-refractivity contribution < 1.29 is 4.79 Å². The van der Waals surface area contributed by atoms with Crippen LogP contribution in [0.1, 0.15) is 38.3 Å². The smallest absolute Gasteiger partial charge is 0.221 e. The highest BCUT2D eigenvalue weighted by molar-refractivity contribution is 5.76. The molecule has 0 atom stereocenters. The second kappa shape index (κ2) is 6.50. The van der Waals surface area contributed by atoms with E-state index in [1.54, 1.807) is 6.20 Å². The first-order valence-corrected chi connectivity index (χ1v) is 6.30. The van der Waals surface area contributed by atoms with E-state index in [-0.39, 0.29) is 11.4 Å². The Balaban J connectivity index is 2.28. The molecule has 18 heavy (non-hydrogen) atoms. The lowest BCUT2D eigenvalue weighted by Gasteiger charge is -2.20. The van der Waals surface area contributed by atoms with Crippen molar-refractivity contribution in [2.45, 2.75) is 46.2 Å². The van der Waals surface area contributed by atoms with Gasteiger partial charge >= 0.3 is 0 Å². The van der Waals surface area contributed by atoms with E-state index in [0.29, 0.717) is 19.5 Å². The van der Waals surface area contributed by atoms with Crippen LogP contribution in [0.2, 0.25) is 0 Å². The summed E-state index contributed by atoms with van der Waals surface area (Å²) in [6, 6.07) is 1.93. The summed E-state index contributed by atoms with van der Waals surface area (Å²) >= 11 is 0. The van der Waals surface area contributed by atoms with Crippen molar-refractivity contribution in [2.24, 2.45) is 0 Å². The maximum atomic E-state index is 11.6. The molecule has 0 spiro atoms. The van der Waals surface area contributed by atoms with Gasteiger partial charge in [0.1, 0.15) is 0 Å². The summed E-state index contributed by atoms with van der Waals surface area (Å²) in [7, 11) is 0. The zero-order valence-corrected chi connectivity index (χ0v) is 11.7. The Bertz CT molecular complexity index is 396. The number of carbonyl (C=O) groups excluding carboxylic acids is 1. The fraction of sp³-hybridized carbons (Fsp3) is 0.571. The Kier molecular flexibility index (Phi) is 5.28. The van der Waals surface area contributed by atoms with Crippen molar-refractivity contribution in [1.82, 2.24) is 15.6 Å². The molecule has 0 unspecified atom stereocenters. The molecule has 1 aromatic heterocycles. The molecule has 0 radical (unpaired) electrons. The van der Waals surface area contributed by atoms with Crippen LogP contribution in [-0.4, -0.2) is 23.0 Å². The van der Waals surface area contributed by atoms with Gasteiger partial charge in [-0.3, -0.25) is 9.78 Å². The predicted molar refractivity (Wildman–Crippen MR) is 73.2 cm³/mol. The number of hydrogen-bond acceptors (Lipinski definition) is 3. The van der Waals surface area contributed by atoms with Crippen LogP contribution in [0.15, 0.2) is 18.5 Å². The zero-order valence-electron chi connectivity index (χ0n) is 11.7.